The Bertz CT molecular complexity index is 2790. The smallest absolute Gasteiger partial charge is 0.160 e. The normalized spacial score (nSPS) is 16.7. The Balaban J connectivity index is 1.10. The van der Waals surface area contributed by atoms with Gasteiger partial charge in [0.1, 0.15) is 6.07 Å². The third kappa shape index (κ3) is 4.99. The number of hydrogen-bond acceptors (Lipinski definition) is 4. The monoisotopic (exact) mass is 699 g/mol. The largest absolute Gasteiger partial charge is 0.228 e. The molecule has 3 nitrogen and oxygen atoms in total. The number of benzene rings is 6. The van der Waals surface area contributed by atoms with Gasteiger partial charge < -0.3 is 0 Å². The fourth-order valence-electron chi connectivity index (χ4n) is 9.00. The van der Waals surface area contributed by atoms with Crippen molar-refractivity contribution in [1.29, 1.82) is 5.26 Å². The van der Waals surface area contributed by atoms with Crippen molar-refractivity contribution in [2.45, 2.75) is 50.9 Å². The molecule has 2 aliphatic carbocycles. The lowest BCUT2D eigenvalue weighted by Crippen LogP contribution is -2.22. The number of hydrogen-bond donors (Lipinski definition) is 0. The van der Waals surface area contributed by atoms with Gasteiger partial charge in [-0.15, -0.1) is 11.3 Å². The van der Waals surface area contributed by atoms with E-state index in [1.165, 1.54) is 42.4 Å². The Morgan fingerprint density at radius 3 is 2.13 bits per heavy atom. The number of nitriles is 1. The van der Waals surface area contributed by atoms with Crippen LogP contribution in [0.25, 0.3) is 65.2 Å². The first-order chi connectivity index (χ1) is 25.9. The van der Waals surface area contributed by atoms with E-state index in [4.69, 9.17) is 9.97 Å². The molecule has 4 heteroatoms. The molecule has 53 heavy (non-hydrogen) atoms. The van der Waals surface area contributed by atoms with Gasteiger partial charge in [0.25, 0.3) is 0 Å². The van der Waals surface area contributed by atoms with Crippen LogP contribution >= 0.6 is 11.3 Å². The van der Waals surface area contributed by atoms with E-state index >= 15 is 0 Å². The summed E-state index contributed by atoms with van der Waals surface area (Å²) in [4.78, 5) is 10.5. The van der Waals surface area contributed by atoms with Crippen LogP contribution in [0, 0.1) is 11.3 Å². The maximum atomic E-state index is 10.8. The van der Waals surface area contributed by atoms with Crippen molar-refractivity contribution < 1.29 is 0 Å². The van der Waals surface area contributed by atoms with Crippen molar-refractivity contribution in [1.82, 2.24) is 9.97 Å². The zero-order chi connectivity index (χ0) is 35.8. The van der Waals surface area contributed by atoms with Crippen molar-refractivity contribution in [3.05, 3.63) is 167 Å². The molecule has 2 heterocycles. The van der Waals surface area contributed by atoms with Gasteiger partial charge in [-0.05, 0) is 70.2 Å². The number of thiophene rings is 1. The van der Waals surface area contributed by atoms with Gasteiger partial charge in [0.05, 0.1) is 17.0 Å². The van der Waals surface area contributed by atoms with Crippen LogP contribution in [0.15, 0.2) is 133 Å². The quantitative estimate of drug-likeness (QED) is 0.180. The summed E-state index contributed by atoms with van der Waals surface area (Å²) in [5.41, 5.74) is 14.3. The van der Waals surface area contributed by atoms with Crippen LogP contribution in [0.2, 0.25) is 0 Å². The molecular weight excluding hydrogens is 663 g/mol. The topological polar surface area (TPSA) is 49.6 Å². The van der Waals surface area contributed by atoms with Crippen LogP contribution in [-0.2, 0) is 11.8 Å². The van der Waals surface area contributed by atoms with Crippen LogP contribution in [-0.4, -0.2) is 9.97 Å². The molecule has 0 radical (unpaired) electrons. The summed E-state index contributed by atoms with van der Waals surface area (Å²) in [5, 5.41) is 13.3. The van der Waals surface area contributed by atoms with Gasteiger partial charge >= 0.3 is 0 Å². The van der Waals surface area contributed by atoms with Crippen LogP contribution in [0.4, 0.5) is 0 Å². The van der Waals surface area contributed by atoms with Crippen LogP contribution in [0.1, 0.15) is 72.4 Å². The minimum atomic E-state index is -0.174. The summed E-state index contributed by atoms with van der Waals surface area (Å²) in [6.07, 6.45) is 1.89. The Morgan fingerprint density at radius 2 is 1.34 bits per heavy atom. The van der Waals surface area contributed by atoms with E-state index in [1.807, 2.05) is 29.5 Å². The second-order valence-corrected chi connectivity index (χ2v) is 16.1. The van der Waals surface area contributed by atoms with E-state index < -0.39 is 0 Å². The average Bonchev–Trinajstić information content (AvgIpc) is 3.93. The Kier molecular flexibility index (Phi) is 7.25. The number of rotatable bonds is 5. The SMILES string of the molecule is CCc1c(-c2ccc(-c3ccc4c(c3C#N)C3CC3c3ccccc3C4(C)C)cc2)nc(-c2ccccc2)nc1-c1ccc2c(c1)sc1ccccc12. The fraction of sp³-hybridized carbons (Fsp3) is 0.163. The van der Waals surface area contributed by atoms with E-state index in [1.54, 1.807) is 0 Å². The molecular formula is C49H37N3S. The molecule has 2 unspecified atom stereocenters. The first-order valence-corrected chi connectivity index (χ1v) is 19.4. The molecule has 254 valence electrons. The molecule has 6 aromatic carbocycles. The van der Waals surface area contributed by atoms with Crippen LogP contribution in [0.5, 0.6) is 0 Å². The molecule has 0 bridgehead atoms. The highest BCUT2D eigenvalue weighted by atomic mass is 32.1. The summed E-state index contributed by atoms with van der Waals surface area (Å²) >= 11 is 1.83. The zero-order valence-corrected chi connectivity index (χ0v) is 30.8. The third-order valence-electron chi connectivity index (χ3n) is 11.7. The van der Waals surface area contributed by atoms with E-state index in [2.05, 4.69) is 142 Å². The predicted octanol–water partition coefficient (Wildman–Crippen LogP) is 12.9. The van der Waals surface area contributed by atoms with Gasteiger partial charge in [-0.25, -0.2) is 9.97 Å². The van der Waals surface area contributed by atoms with E-state index in [0.29, 0.717) is 17.7 Å². The van der Waals surface area contributed by atoms with Gasteiger partial charge in [0, 0.05) is 47.8 Å². The standard InChI is InChI=1S/C49H37N3S/c1-4-33-46(51-48(31-12-6-5-7-13-31)52-47(33)32-22-23-37-36-15-9-11-17-43(36)53-44(37)26-32)30-20-18-29(19-21-30)34-24-25-42-45(40(34)28-50)39-27-38(39)35-14-8-10-16-41(35)49(42,2)3/h5-26,38-39H,4,27H2,1-3H3. The van der Waals surface area contributed by atoms with E-state index in [-0.39, 0.29) is 5.41 Å². The zero-order valence-electron chi connectivity index (χ0n) is 30.0. The molecule has 1 fully saturated rings. The molecule has 0 aliphatic heterocycles. The highest BCUT2D eigenvalue weighted by Gasteiger charge is 2.49. The maximum absolute atomic E-state index is 10.8. The molecule has 2 aliphatic rings. The summed E-state index contributed by atoms with van der Waals surface area (Å²) in [6, 6.07) is 50.4. The van der Waals surface area contributed by atoms with Crippen molar-refractivity contribution >= 4 is 31.5 Å². The second-order valence-electron chi connectivity index (χ2n) is 15.1. The highest BCUT2D eigenvalue weighted by Crippen LogP contribution is 2.62. The molecule has 8 aromatic rings. The van der Waals surface area contributed by atoms with Crippen molar-refractivity contribution in [2.24, 2.45) is 0 Å². The Hall–Kier alpha value is -5.89. The molecule has 1 saturated carbocycles. The summed E-state index contributed by atoms with van der Waals surface area (Å²) in [5.74, 6) is 1.58. The van der Waals surface area contributed by atoms with E-state index in [9.17, 15) is 5.26 Å². The summed E-state index contributed by atoms with van der Waals surface area (Å²) in [6.45, 7) is 6.83. The summed E-state index contributed by atoms with van der Waals surface area (Å²) in [7, 11) is 0. The van der Waals surface area contributed by atoms with Gasteiger partial charge in [-0.2, -0.15) is 5.26 Å². The van der Waals surface area contributed by atoms with Gasteiger partial charge in [-0.1, -0.05) is 142 Å². The van der Waals surface area contributed by atoms with Crippen LogP contribution in [0.3, 0.4) is 0 Å². The number of fused-ring (bicyclic) bond motifs is 8. The molecule has 2 aromatic heterocycles. The molecule has 2 atom stereocenters. The molecule has 0 amide bonds. The summed E-state index contributed by atoms with van der Waals surface area (Å²) < 4.78 is 2.55. The Morgan fingerprint density at radius 1 is 0.660 bits per heavy atom. The van der Waals surface area contributed by atoms with Crippen molar-refractivity contribution in [2.75, 3.05) is 0 Å². The lowest BCUT2D eigenvalue weighted by molar-refractivity contribution is 0.631. The minimum absolute atomic E-state index is 0.174. The average molecular weight is 700 g/mol. The van der Waals surface area contributed by atoms with Gasteiger partial charge in [0.15, 0.2) is 5.82 Å². The first kappa shape index (κ1) is 31.8. The van der Waals surface area contributed by atoms with Crippen molar-refractivity contribution in [3.8, 4) is 51.1 Å². The van der Waals surface area contributed by atoms with E-state index in [0.717, 1.165) is 63.2 Å². The fourth-order valence-corrected chi connectivity index (χ4v) is 10.1. The number of nitrogens with zero attached hydrogens (tertiary/aromatic N) is 3. The maximum Gasteiger partial charge on any atom is 0.160 e. The minimum Gasteiger partial charge on any atom is -0.228 e. The van der Waals surface area contributed by atoms with Crippen LogP contribution < -0.4 is 0 Å². The molecule has 0 saturated heterocycles. The molecule has 0 N–H and O–H groups in total. The molecule has 10 rings (SSSR count). The first-order valence-electron chi connectivity index (χ1n) is 18.6. The van der Waals surface area contributed by atoms with Crippen molar-refractivity contribution in [3.63, 3.8) is 0 Å². The number of aromatic nitrogens is 2. The lowest BCUT2D eigenvalue weighted by Gasteiger charge is -2.30. The molecule has 0 spiro atoms. The second kappa shape index (κ2) is 12.1. The predicted molar refractivity (Wildman–Crippen MR) is 219 cm³/mol. The van der Waals surface area contributed by atoms with Gasteiger partial charge in [-0.3, -0.25) is 0 Å². The highest BCUT2D eigenvalue weighted by molar-refractivity contribution is 7.25. The third-order valence-corrected chi connectivity index (χ3v) is 12.9. The Labute approximate surface area is 314 Å². The van der Waals surface area contributed by atoms with Gasteiger partial charge in [0.2, 0.25) is 0 Å². The lowest BCUT2D eigenvalue weighted by atomic mass is 9.73.